The molecule has 0 N–H and O–H groups in total. The summed E-state index contributed by atoms with van der Waals surface area (Å²) >= 11 is 1.62. The van der Waals surface area contributed by atoms with Crippen LogP contribution in [0.3, 0.4) is 0 Å². The van der Waals surface area contributed by atoms with Gasteiger partial charge >= 0.3 is 0 Å². The maximum absolute atomic E-state index is 9.74. The Morgan fingerprint density at radius 2 is 1.93 bits per heavy atom. The molecule has 6 heteroatoms. The fraction of sp³-hybridized carbons (Fsp3) is 0.250. The molecule has 1 aromatic heterocycles. The number of benzene rings is 2. The summed E-state index contributed by atoms with van der Waals surface area (Å²) in [6.07, 6.45) is 2.66. The summed E-state index contributed by atoms with van der Waals surface area (Å²) in [5.41, 5.74) is 4.08. The highest BCUT2D eigenvalue weighted by Gasteiger charge is 2.24. The normalized spacial score (nSPS) is 13.8. The molecule has 2 aromatic carbocycles. The van der Waals surface area contributed by atoms with Crippen molar-refractivity contribution in [1.29, 1.82) is 5.26 Å². The predicted molar refractivity (Wildman–Crippen MR) is 120 cm³/mol. The highest BCUT2D eigenvalue weighted by atomic mass is 32.1. The SMILES string of the molecule is COc1ccc(C=Nc2sc3c(c2C#N)CCN(Cc2ccccc2)C3)cc1OC. The fourth-order valence-electron chi connectivity index (χ4n) is 3.69. The van der Waals surface area contributed by atoms with E-state index in [1.807, 2.05) is 24.3 Å². The van der Waals surface area contributed by atoms with Gasteiger partial charge in [-0.1, -0.05) is 30.3 Å². The lowest BCUT2D eigenvalue weighted by Gasteiger charge is -2.26. The highest BCUT2D eigenvalue weighted by molar-refractivity contribution is 7.16. The second-order valence-electron chi connectivity index (χ2n) is 7.11. The summed E-state index contributed by atoms with van der Waals surface area (Å²) in [7, 11) is 3.23. The van der Waals surface area contributed by atoms with Crippen LogP contribution in [0.25, 0.3) is 0 Å². The molecule has 1 aliphatic heterocycles. The van der Waals surface area contributed by atoms with Crippen LogP contribution in [0, 0.1) is 11.3 Å². The Labute approximate surface area is 180 Å². The van der Waals surface area contributed by atoms with Crippen molar-refractivity contribution in [2.45, 2.75) is 19.5 Å². The van der Waals surface area contributed by atoms with E-state index in [-0.39, 0.29) is 0 Å². The van der Waals surface area contributed by atoms with Crippen molar-refractivity contribution in [2.24, 2.45) is 4.99 Å². The van der Waals surface area contributed by atoms with E-state index in [0.29, 0.717) is 17.1 Å². The lowest BCUT2D eigenvalue weighted by molar-refractivity contribution is 0.249. The van der Waals surface area contributed by atoms with E-state index in [2.05, 4.69) is 40.2 Å². The smallest absolute Gasteiger partial charge is 0.161 e. The molecule has 5 nitrogen and oxygen atoms in total. The van der Waals surface area contributed by atoms with Gasteiger partial charge in [-0.15, -0.1) is 11.3 Å². The van der Waals surface area contributed by atoms with E-state index in [9.17, 15) is 5.26 Å². The number of nitriles is 1. The monoisotopic (exact) mass is 417 g/mol. The second-order valence-corrected chi connectivity index (χ2v) is 8.20. The number of fused-ring (bicyclic) bond motifs is 1. The maximum atomic E-state index is 9.74. The first-order chi connectivity index (χ1) is 14.7. The quantitative estimate of drug-likeness (QED) is 0.533. The van der Waals surface area contributed by atoms with E-state index >= 15 is 0 Å². The topological polar surface area (TPSA) is 57.8 Å². The molecule has 2 heterocycles. The summed E-state index contributed by atoms with van der Waals surface area (Å²) in [6, 6.07) is 18.5. The number of hydrogen-bond acceptors (Lipinski definition) is 6. The van der Waals surface area contributed by atoms with Crippen molar-refractivity contribution in [2.75, 3.05) is 20.8 Å². The summed E-state index contributed by atoms with van der Waals surface area (Å²) in [5, 5.41) is 10.5. The number of ether oxygens (including phenoxy) is 2. The third-order valence-electron chi connectivity index (χ3n) is 5.22. The minimum Gasteiger partial charge on any atom is -0.493 e. The van der Waals surface area contributed by atoms with E-state index < -0.39 is 0 Å². The molecule has 0 aliphatic carbocycles. The molecule has 0 radical (unpaired) electrons. The molecule has 152 valence electrons. The van der Waals surface area contributed by atoms with Gasteiger partial charge in [-0.25, -0.2) is 4.99 Å². The first-order valence-electron chi connectivity index (χ1n) is 9.79. The summed E-state index contributed by atoms with van der Waals surface area (Å²) < 4.78 is 10.6. The van der Waals surface area contributed by atoms with Crippen LogP contribution in [0.4, 0.5) is 5.00 Å². The van der Waals surface area contributed by atoms with Crippen LogP contribution in [0.15, 0.2) is 53.5 Å². The lowest BCUT2D eigenvalue weighted by atomic mass is 10.0. The van der Waals surface area contributed by atoms with Gasteiger partial charge in [0.15, 0.2) is 11.5 Å². The van der Waals surface area contributed by atoms with Crippen molar-refractivity contribution in [3.8, 4) is 17.6 Å². The summed E-state index contributed by atoms with van der Waals surface area (Å²) in [4.78, 5) is 8.32. The summed E-state index contributed by atoms with van der Waals surface area (Å²) in [6.45, 7) is 2.73. The van der Waals surface area contributed by atoms with Crippen LogP contribution in [0.2, 0.25) is 0 Å². The van der Waals surface area contributed by atoms with Gasteiger partial charge in [0.1, 0.15) is 11.1 Å². The van der Waals surface area contributed by atoms with Gasteiger partial charge in [0, 0.05) is 30.7 Å². The molecule has 1 aliphatic rings. The Bertz CT molecular complexity index is 1100. The van der Waals surface area contributed by atoms with Gasteiger partial charge in [0.25, 0.3) is 0 Å². The van der Waals surface area contributed by atoms with Crippen molar-refractivity contribution >= 4 is 22.6 Å². The van der Waals surface area contributed by atoms with Crippen LogP contribution in [-0.4, -0.2) is 31.9 Å². The molecule has 0 saturated heterocycles. The van der Waals surface area contributed by atoms with Gasteiger partial charge in [-0.2, -0.15) is 5.26 Å². The minimum atomic E-state index is 0.656. The standard InChI is InChI=1S/C24H23N3O2S/c1-28-21-9-8-18(12-22(21)29-2)14-26-24-20(13-25)19-10-11-27(16-23(19)30-24)15-17-6-4-3-5-7-17/h3-9,12,14H,10-11,15-16H2,1-2H3. The first kappa shape index (κ1) is 20.1. The zero-order valence-electron chi connectivity index (χ0n) is 17.1. The van der Waals surface area contributed by atoms with Crippen molar-refractivity contribution in [3.05, 3.63) is 75.7 Å². The Kier molecular flexibility index (Phi) is 6.12. The van der Waals surface area contributed by atoms with Crippen LogP contribution in [0.5, 0.6) is 11.5 Å². The fourth-order valence-corrected chi connectivity index (χ4v) is 4.88. The largest absolute Gasteiger partial charge is 0.493 e. The molecule has 0 bridgehead atoms. The van der Waals surface area contributed by atoms with Crippen LogP contribution >= 0.6 is 11.3 Å². The van der Waals surface area contributed by atoms with Crippen LogP contribution < -0.4 is 9.47 Å². The molecule has 0 unspecified atom stereocenters. The predicted octanol–water partition coefficient (Wildman–Crippen LogP) is 4.95. The average molecular weight is 418 g/mol. The van der Waals surface area contributed by atoms with E-state index in [1.54, 1.807) is 31.8 Å². The molecular weight excluding hydrogens is 394 g/mol. The van der Waals surface area contributed by atoms with Gasteiger partial charge in [-0.3, -0.25) is 4.90 Å². The third kappa shape index (κ3) is 4.23. The Morgan fingerprint density at radius 1 is 1.13 bits per heavy atom. The third-order valence-corrected chi connectivity index (χ3v) is 6.34. The lowest BCUT2D eigenvalue weighted by Crippen LogP contribution is -2.29. The van der Waals surface area contributed by atoms with Crippen LogP contribution in [-0.2, 0) is 19.5 Å². The van der Waals surface area contributed by atoms with Crippen molar-refractivity contribution in [3.63, 3.8) is 0 Å². The molecular formula is C24H23N3O2S. The Balaban J connectivity index is 1.55. The van der Waals surface area contributed by atoms with Crippen molar-refractivity contribution in [1.82, 2.24) is 4.90 Å². The highest BCUT2D eigenvalue weighted by Crippen LogP contribution is 2.39. The molecule has 0 saturated carbocycles. The Hall–Kier alpha value is -3.14. The van der Waals surface area contributed by atoms with Crippen molar-refractivity contribution < 1.29 is 9.47 Å². The first-order valence-corrected chi connectivity index (χ1v) is 10.6. The molecule has 0 fully saturated rings. The zero-order valence-corrected chi connectivity index (χ0v) is 17.9. The molecule has 0 amide bonds. The minimum absolute atomic E-state index is 0.656. The molecule has 30 heavy (non-hydrogen) atoms. The van der Waals surface area contributed by atoms with Gasteiger partial charge in [0.05, 0.1) is 19.8 Å². The Morgan fingerprint density at radius 3 is 2.67 bits per heavy atom. The van der Waals surface area contributed by atoms with E-state index in [4.69, 9.17) is 9.47 Å². The average Bonchev–Trinajstić information content (AvgIpc) is 3.14. The number of aliphatic imine (C=N–C) groups is 1. The number of methoxy groups -OCH3 is 2. The molecule has 4 rings (SSSR count). The van der Waals surface area contributed by atoms with Crippen LogP contribution in [0.1, 0.15) is 27.1 Å². The summed E-state index contributed by atoms with van der Waals surface area (Å²) in [5.74, 6) is 1.33. The van der Waals surface area contributed by atoms with Gasteiger partial charge in [0.2, 0.25) is 0 Å². The zero-order chi connectivity index (χ0) is 20.9. The maximum Gasteiger partial charge on any atom is 0.161 e. The molecule has 0 atom stereocenters. The van der Waals surface area contributed by atoms with E-state index in [1.165, 1.54) is 10.4 Å². The number of hydrogen-bond donors (Lipinski definition) is 0. The van der Waals surface area contributed by atoms with Gasteiger partial charge in [-0.05, 0) is 41.3 Å². The molecule has 3 aromatic rings. The number of nitrogens with zero attached hydrogens (tertiary/aromatic N) is 3. The van der Waals surface area contributed by atoms with E-state index in [0.717, 1.165) is 42.2 Å². The second kappa shape index (κ2) is 9.12. The molecule has 0 spiro atoms. The number of rotatable bonds is 6. The number of thiophene rings is 1. The van der Waals surface area contributed by atoms with Gasteiger partial charge < -0.3 is 9.47 Å².